The fourth-order valence-corrected chi connectivity index (χ4v) is 5.25. The fraction of sp³-hybridized carbons (Fsp3) is 0.333. The number of aryl methyl sites for hydroxylation is 1. The Morgan fingerprint density at radius 3 is 2.24 bits per heavy atom. The summed E-state index contributed by atoms with van der Waals surface area (Å²) in [4.78, 5) is 26.7. The summed E-state index contributed by atoms with van der Waals surface area (Å²) in [5.41, 5.74) is 1.39. The van der Waals surface area contributed by atoms with Gasteiger partial charge in [0, 0.05) is 6.04 Å². The Bertz CT molecular complexity index is 1020. The molecule has 2 atom stereocenters. The molecule has 2 amide bonds. The molecule has 1 heterocycles. The molecular formula is C21H23FN2O4S. The number of amides is 2. The molecule has 0 N–H and O–H groups in total. The molecule has 1 aliphatic rings. The van der Waals surface area contributed by atoms with Crippen molar-refractivity contribution in [3.8, 4) is 0 Å². The minimum atomic E-state index is -4.11. The predicted molar refractivity (Wildman–Crippen MR) is 107 cm³/mol. The molecule has 0 aliphatic carbocycles. The van der Waals surface area contributed by atoms with E-state index in [9.17, 15) is 22.4 Å². The third-order valence-electron chi connectivity index (χ3n) is 5.14. The van der Waals surface area contributed by atoms with Crippen LogP contribution in [0.1, 0.15) is 32.3 Å². The number of halogens is 1. The summed E-state index contributed by atoms with van der Waals surface area (Å²) >= 11 is 0. The lowest BCUT2D eigenvalue weighted by Gasteiger charge is -2.31. The van der Waals surface area contributed by atoms with Crippen LogP contribution in [0.15, 0.2) is 53.4 Å². The number of sulfonamides is 1. The number of rotatable bonds is 6. The molecule has 6 nitrogen and oxygen atoms in total. The maximum absolute atomic E-state index is 13.3. The number of anilines is 1. The lowest BCUT2D eigenvalue weighted by atomic mass is 10.2. The van der Waals surface area contributed by atoms with Crippen LogP contribution in [0, 0.1) is 12.7 Å². The lowest BCUT2D eigenvalue weighted by molar-refractivity contribution is -0.122. The van der Waals surface area contributed by atoms with E-state index in [2.05, 4.69) is 0 Å². The Morgan fingerprint density at radius 2 is 1.69 bits per heavy atom. The highest BCUT2D eigenvalue weighted by Crippen LogP contribution is 2.31. The van der Waals surface area contributed by atoms with Crippen LogP contribution in [-0.2, 0) is 19.6 Å². The van der Waals surface area contributed by atoms with Crippen molar-refractivity contribution in [2.45, 2.75) is 50.6 Å². The number of benzene rings is 2. The van der Waals surface area contributed by atoms with Gasteiger partial charge in [0.05, 0.1) is 17.0 Å². The maximum atomic E-state index is 13.3. The first-order valence-corrected chi connectivity index (χ1v) is 10.8. The van der Waals surface area contributed by atoms with Gasteiger partial charge in [-0.1, -0.05) is 24.6 Å². The van der Waals surface area contributed by atoms with Crippen molar-refractivity contribution in [1.82, 2.24) is 4.31 Å². The van der Waals surface area contributed by atoms with E-state index in [1.807, 2.05) is 6.92 Å². The SMILES string of the molecule is CCC(C)N(C1CC(=O)N(c2ccc(C)cc2)C1=O)S(=O)(=O)c1ccc(F)cc1. The number of carbonyl (C=O) groups is 2. The molecular weight excluding hydrogens is 395 g/mol. The second kappa shape index (κ2) is 8.04. The Hall–Kier alpha value is -2.58. The first-order valence-electron chi connectivity index (χ1n) is 9.39. The molecule has 0 spiro atoms. The van der Waals surface area contributed by atoms with Crippen LogP contribution in [0.2, 0.25) is 0 Å². The Morgan fingerprint density at radius 1 is 1.10 bits per heavy atom. The smallest absolute Gasteiger partial charge is 0.252 e. The van der Waals surface area contributed by atoms with Crippen LogP contribution < -0.4 is 4.90 Å². The zero-order valence-corrected chi connectivity index (χ0v) is 17.3. The van der Waals surface area contributed by atoms with Crippen LogP contribution in [0.4, 0.5) is 10.1 Å². The van der Waals surface area contributed by atoms with Crippen molar-refractivity contribution in [3.05, 3.63) is 59.9 Å². The van der Waals surface area contributed by atoms with Crippen LogP contribution in [0.25, 0.3) is 0 Å². The Kier molecular flexibility index (Phi) is 5.86. The minimum Gasteiger partial charge on any atom is -0.274 e. The van der Waals surface area contributed by atoms with E-state index >= 15 is 0 Å². The van der Waals surface area contributed by atoms with Gasteiger partial charge in [-0.2, -0.15) is 4.31 Å². The van der Waals surface area contributed by atoms with Crippen LogP contribution in [0.5, 0.6) is 0 Å². The lowest BCUT2D eigenvalue weighted by Crippen LogP contribution is -2.49. The summed E-state index contributed by atoms with van der Waals surface area (Å²) < 4.78 is 40.9. The van der Waals surface area contributed by atoms with E-state index in [4.69, 9.17) is 0 Å². The quantitative estimate of drug-likeness (QED) is 0.675. The van der Waals surface area contributed by atoms with Crippen molar-refractivity contribution >= 4 is 27.5 Å². The average Bonchev–Trinajstić information content (AvgIpc) is 2.96. The third kappa shape index (κ3) is 3.95. The summed E-state index contributed by atoms with van der Waals surface area (Å²) in [6, 6.07) is 9.67. The van der Waals surface area contributed by atoms with E-state index in [1.165, 1.54) is 12.1 Å². The molecule has 1 aliphatic heterocycles. The van der Waals surface area contributed by atoms with E-state index in [0.29, 0.717) is 12.1 Å². The van der Waals surface area contributed by atoms with E-state index < -0.39 is 39.7 Å². The van der Waals surface area contributed by atoms with Crippen molar-refractivity contribution in [3.63, 3.8) is 0 Å². The molecule has 1 saturated heterocycles. The van der Waals surface area contributed by atoms with Crippen LogP contribution in [-0.4, -0.2) is 36.6 Å². The zero-order chi connectivity index (χ0) is 21.3. The summed E-state index contributed by atoms with van der Waals surface area (Å²) in [5, 5.41) is 0. The topological polar surface area (TPSA) is 74.8 Å². The van der Waals surface area contributed by atoms with E-state index in [-0.39, 0.29) is 11.3 Å². The van der Waals surface area contributed by atoms with Crippen LogP contribution >= 0.6 is 0 Å². The van der Waals surface area contributed by atoms with Gasteiger partial charge in [-0.05, 0) is 56.7 Å². The van der Waals surface area contributed by atoms with Gasteiger partial charge >= 0.3 is 0 Å². The standard InChI is InChI=1S/C21H23FN2O4S/c1-4-15(3)24(29(27,28)18-11-7-16(22)8-12-18)19-13-20(25)23(21(19)26)17-9-5-14(2)6-10-17/h5-12,15,19H,4,13H2,1-3H3. The first-order chi connectivity index (χ1) is 13.7. The predicted octanol–water partition coefficient (Wildman–Crippen LogP) is 3.26. The summed E-state index contributed by atoms with van der Waals surface area (Å²) in [6.45, 7) is 5.38. The van der Waals surface area contributed by atoms with Crippen LogP contribution in [0.3, 0.4) is 0 Å². The van der Waals surface area contributed by atoms with Gasteiger partial charge in [0.25, 0.3) is 5.91 Å². The number of imide groups is 1. The minimum absolute atomic E-state index is 0.117. The molecule has 2 unspecified atom stereocenters. The van der Waals surface area contributed by atoms with Crippen molar-refractivity contribution < 1.29 is 22.4 Å². The molecule has 0 radical (unpaired) electrons. The van der Waals surface area contributed by atoms with Crippen molar-refractivity contribution in [2.24, 2.45) is 0 Å². The third-order valence-corrected chi connectivity index (χ3v) is 7.17. The summed E-state index contributed by atoms with van der Waals surface area (Å²) in [6.07, 6.45) is 0.209. The molecule has 0 saturated carbocycles. The molecule has 8 heteroatoms. The molecule has 1 fully saturated rings. The first kappa shape index (κ1) is 21.1. The number of carbonyl (C=O) groups excluding carboxylic acids is 2. The van der Waals surface area contributed by atoms with E-state index in [0.717, 1.165) is 26.9 Å². The van der Waals surface area contributed by atoms with Gasteiger partial charge in [-0.15, -0.1) is 0 Å². The second-order valence-electron chi connectivity index (χ2n) is 7.17. The van der Waals surface area contributed by atoms with Crippen molar-refractivity contribution in [1.29, 1.82) is 0 Å². The normalized spacial score (nSPS) is 18.5. The number of hydrogen-bond acceptors (Lipinski definition) is 4. The van der Waals surface area contributed by atoms with Gasteiger partial charge in [0.1, 0.15) is 11.9 Å². The highest BCUT2D eigenvalue weighted by atomic mass is 32.2. The zero-order valence-electron chi connectivity index (χ0n) is 16.5. The summed E-state index contributed by atoms with van der Waals surface area (Å²) in [5.74, 6) is -1.59. The van der Waals surface area contributed by atoms with Gasteiger partial charge in [0.2, 0.25) is 15.9 Å². The molecule has 29 heavy (non-hydrogen) atoms. The van der Waals surface area contributed by atoms with Gasteiger partial charge < -0.3 is 0 Å². The average molecular weight is 418 g/mol. The molecule has 3 rings (SSSR count). The summed E-state index contributed by atoms with van der Waals surface area (Å²) in [7, 11) is -4.11. The molecule has 0 bridgehead atoms. The molecule has 2 aromatic rings. The fourth-order valence-electron chi connectivity index (χ4n) is 3.40. The number of hydrogen-bond donors (Lipinski definition) is 0. The Labute approximate surface area is 170 Å². The highest BCUT2D eigenvalue weighted by molar-refractivity contribution is 7.89. The van der Waals surface area contributed by atoms with Crippen molar-refractivity contribution in [2.75, 3.05) is 4.90 Å². The number of nitrogens with zero attached hydrogens (tertiary/aromatic N) is 2. The Balaban J connectivity index is 2.01. The molecule has 0 aromatic heterocycles. The van der Waals surface area contributed by atoms with Gasteiger partial charge in [-0.3, -0.25) is 9.59 Å². The molecule has 154 valence electrons. The second-order valence-corrected chi connectivity index (χ2v) is 9.01. The molecule has 2 aromatic carbocycles. The largest absolute Gasteiger partial charge is 0.274 e. The van der Waals surface area contributed by atoms with Gasteiger partial charge in [-0.25, -0.2) is 17.7 Å². The highest BCUT2D eigenvalue weighted by Gasteiger charge is 2.48. The monoisotopic (exact) mass is 418 g/mol. The maximum Gasteiger partial charge on any atom is 0.252 e. The van der Waals surface area contributed by atoms with Gasteiger partial charge in [0.15, 0.2) is 0 Å². The van der Waals surface area contributed by atoms with E-state index in [1.54, 1.807) is 38.1 Å².